The Balaban J connectivity index is 1.88. The minimum absolute atomic E-state index is 0.0282. The summed E-state index contributed by atoms with van der Waals surface area (Å²) in [5.74, 6) is 0.503. The van der Waals surface area contributed by atoms with Gasteiger partial charge >= 0.3 is 0 Å². The van der Waals surface area contributed by atoms with Crippen molar-refractivity contribution in [1.29, 1.82) is 5.26 Å². The number of ether oxygens (including phenoxy) is 1. The molecule has 0 aliphatic carbocycles. The molecule has 0 fully saturated rings. The molecule has 6 nitrogen and oxygen atoms in total. The summed E-state index contributed by atoms with van der Waals surface area (Å²) in [6, 6.07) is 18.2. The quantitative estimate of drug-likeness (QED) is 0.769. The van der Waals surface area contributed by atoms with Gasteiger partial charge in [0.05, 0.1) is 11.3 Å². The summed E-state index contributed by atoms with van der Waals surface area (Å²) in [5.41, 5.74) is 7.61. The van der Waals surface area contributed by atoms with E-state index in [0.717, 1.165) is 5.56 Å². The van der Waals surface area contributed by atoms with Crippen molar-refractivity contribution in [3.05, 3.63) is 76.1 Å². The van der Waals surface area contributed by atoms with Crippen LogP contribution in [0.2, 0.25) is 0 Å². The Morgan fingerprint density at radius 1 is 1.17 bits per heavy atom. The van der Waals surface area contributed by atoms with Crippen molar-refractivity contribution in [1.82, 2.24) is 9.97 Å². The van der Waals surface area contributed by atoms with Crippen molar-refractivity contribution in [2.75, 3.05) is 5.73 Å². The van der Waals surface area contributed by atoms with Gasteiger partial charge in [-0.1, -0.05) is 30.3 Å². The highest BCUT2D eigenvalue weighted by Gasteiger charge is 2.09. The van der Waals surface area contributed by atoms with E-state index in [1.54, 1.807) is 18.2 Å². The van der Waals surface area contributed by atoms with Crippen molar-refractivity contribution in [2.45, 2.75) is 6.61 Å². The third kappa shape index (κ3) is 3.42. The van der Waals surface area contributed by atoms with E-state index < -0.39 is 0 Å². The van der Waals surface area contributed by atoms with Crippen LogP contribution in [0, 0.1) is 11.3 Å². The standard InChI is InChI=1S/C18H14N4O2/c19-10-14-8-13(15-9-17(23)22-18(20)21-15)6-7-16(14)24-11-12-4-2-1-3-5-12/h1-9H,11H2,(H3,20,21,22,23). The van der Waals surface area contributed by atoms with Gasteiger partial charge in [0.25, 0.3) is 5.56 Å². The van der Waals surface area contributed by atoms with Crippen molar-refractivity contribution in [3.8, 4) is 23.1 Å². The summed E-state index contributed by atoms with van der Waals surface area (Å²) < 4.78 is 5.72. The molecule has 0 atom stereocenters. The van der Waals surface area contributed by atoms with Crippen molar-refractivity contribution < 1.29 is 4.74 Å². The Morgan fingerprint density at radius 3 is 2.67 bits per heavy atom. The fraction of sp³-hybridized carbons (Fsp3) is 0.0556. The highest BCUT2D eigenvalue weighted by Crippen LogP contribution is 2.25. The van der Waals surface area contributed by atoms with E-state index in [0.29, 0.717) is 29.2 Å². The molecule has 0 saturated heterocycles. The van der Waals surface area contributed by atoms with Gasteiger partial charge < -0.3 is 10.5 Å². The van der Waals surface area contributed by atoms with Crippen LogP contribution in [0.5, 0.6) is 5.75 Å². The molecule has 0 amide bonds. The van der Waals surface area contributed by atoms with E-state index in [9.17, 15) is 10.1 Å². The number of aromatic nitrogens is 2. The Labute approximate surface area is 138 Å². The fourth-order valence-electron chi connectivity index (χ4n) is 2.26. The zero-order valence-corrected chi connectivity index (χ0v) is 12.7. The van der Waals surface area contributed by atoms with Crippen LogP contribution in [0.15, 0.2) is 59.4 Å². The summed E-state index contributed by atoms with van der Waals surface area (Å²) in [5, 5.41) is 9.35. The van der Waals surface area contributed by atoms with E-state index in [1.165, 1.54) is 6.07 Å². The van der Waals surface area contributed by atoms with Gasteiger partial charge in [-0.15, -0.1) is 0 Å². The second-order valence-corrected chi connectivity index (χ2v) is 5.11. The van der Waals surface area contributed by atoms with Gasteiger partial charge in [-0.25, -0.2) is 4.98 Å². The first-order valence-corrected chi connectivity index (χ1v) is 7.24. The van der Waals surface area contributed by atoms with Gasteiger partial charge in [0.15, 0.2) is 0 Å². The van der Waals surface area contributed by atoms with Crippen molar-refractivity contribution in [2.24, 2.45) is 0 Å². The van der Waals surface area contributed by atoms with Gasteiger partial charge in [-0.3, -0.25) is 9.78 Å². The molecule has 1 aromatic heterocycles. The van der Waals surface area contributed by atoms with Gasteiger partial charge in [-0.05, 0) is 23.8 Å². The number of nitrogens with one attached hydrogen (secondary N) is 1. The highest BCUT2D eigenvalue weighted by atomic mass is 16.5. The second kappa shape index (κ2) is 6.67. The van der Waals surface area contributed by atoms with Crippen LogP contribution in [-0.2, 0) is 6.61 Å². The number of hydrogen-bond acceptors (Lipinski definition) is 5. The molecular weight excluding hydrogens is 304 g/mol. The number of benzene rings is 2. The maximum Gasteiger partial charge on any atom is 0.252 e. The summed E-state index contributed by atoms with van der Waals surface area (Å²) >= 11 is 0. The summed E-state index contributed by atoms with van der Waals surface area (Å²) in [7, 11) is 0. The first-order valence-electron chi connectivity index (χ1n) is 7.24. The number of nitrogens with two attached hydrogens (primary N) is 1. The van der Waals surface area contributed by atoms with E-state index in [4.69, 9.17) is 10.5 Å². The van der Waals surface area contributed by atoms with Crippen LogP contribution in [0.3, 0.4) is 0 Å². The van der Waals surface area contributed by atoms with Gasteiger partial charge in [0, 0.05) is 11.6 Å². The number of anilines is 1. The van der Waals surface area contributed by atoms with Crippen LogP contribution in [0.1, 0.15) is 11.1 Å². The number of nitriles is 1. The summed E-state index contributed by atoms with van der Waals surface area (Å²) in [4.78, 5) is 18.0. The molecule has 0 bridgehead atoms. The van der Waals surface area contributed by atoms with Crippen molar-refractivity contribution in [3.63, 3.8) is 0 Å². The second-order valence-electron chi connectivity index (χ2n) is 5.11. The average Bonchev–Trinajstić information content (AvgIpc) is 2.60. The zero-order chi connectivity index (χ0) is 16.9. The van der Waals surface area contributed by atoms with Gasteiger partial charge in [0.2, 0.25) is 5.95 Å². The third-order valence-corrected chi connectivity index (χ3v) is 3.39. The van der Waals surface area contributed by atoms with Gasteiger partial charge in [-0.2, -0.15) is 5.26 Å². The number of nitrogen functional groups attached to an aromatic ring is 1. The SMILES string of the molecule is N#Cc1cc(-c2cc(=O)[nH]c(N)n2)ccc1OCc1ccccc1. The first-order chi connectivity index (χ1) is 11.7. The van der Waals surface area contributed by atoms with Gasteiger partial charge in [0.1, 0.15) is 18.4 Å². The summed E-state index contributed by atoms with van der Waals surface area (Å²) in [6.45, 7) is 0.366. The van der Waals surface area contributed by atoms with Crippen LogP contribution in [-0.4, -0.2) is 9.97 Å². The molecule has 0 spiro atoms. The number of hydrogen-bond donors (Lipinski definition) is 2. The number of aromatic amines is 1. The molecule has 2 aromatic carbocycles. The maximum atomic E-state index is 11.5. The Morgan fingerprint density at radius 2 is 1.96 bits per heavy atom. The minimum atomic E-state index is -0.347. The summed E-state index contributed by atoms with van der Waals surface area (Å²) in [6.07, 6.45) is 0. The smallest absolute Gasteiger partial charge is 0.252 e. The monoisotopic (exact) mass is 318 g/mol. The van der Waals surface area contributed by atoms with E-state index in [2.05, 4.69) is 16.0 Å². The maximum absolute atomic E-state index is 11.5. The molecule has 3 N–H and O–H groups in total. The molecule has 24 heavy (non-hydrogen) atoms. The molecule has 0 aliphatic heterocycles. The topological polar surface area (TPSA) is 105 Å². The van der Waals surface area contributed by atoms with E-state index in [1.807, 2.05) is 30.3 Å². The first kappa shape index (κ1) is 15.3. The molecule has 6 heteroatoms. The molecule has 0 aliphatic rings. The molecule has 0 unspecified atom stereocenters. The largest absolute Gasteiger partial charge is 0.488 e. The molecule has 1 heterocycles. The lowest BCUT2D eigenvalue weighted by Crippen LogP contribution is -2.10. The number of nitrogens with zero attached hydrogens (tertiary/aromatic N) is 2. The van der Waals surface area contributed by atoms with Crippen LogP contribution >= 0.6 is 0 Å². The van der Waals surface area contributed by atoms with Crippen molar-refractivity contribution >= 4 is 5.95 Å². The zero-order valence-electron chi connectivity index (χ0n) is 12.7. The molecule has 0 radical (unpaired) electrons. The lowest BCUT2D eigenvalue weighted by Gasteiger charge is -2.09. The molecule has 3 aromatic rings. The predicted molar refractivity (Wildman–Crippen MR) is 90.2 cm³/mol. The lowest BCUT2D eigenvalue weighted by molar-refractivity contribution is 0.305. The van der Waals surface area contributed by atoms with Crippen LogP contribution in [0.25, 0.3) is 11.3 Å². The van der Waals surface area contributed by atoms with E-state index in [-0.39, 0.29) is 11.5 Å². The molecule has 3 rings (SSSR count). The predicted octanol–water partition coefficient (Wildman–Crippen LogP) is 2.47. The fourth-order valence-corrected chi connectivity index (χ4v) is 2.26. The lowest BCUT2D eigenvalue weighted by atomic mass is 10.1. The van der Waals surface area contributed by atoms with Crippen LogP contribution in [0.4, 0.5) is 5.95 Å². The molecule has 0 saturated carbocycles. The Bertz CT molecular complexity index is 959. The average molecular weight is 318 g/mol. The van der Waals surface area contributed by atoms with E-state index >= 15 is 0 Å². The molecule has 118 valence electrons. The molecular formula is C18H14N4O2. The number of rotatable bonds is 4. The Kier molecular flexibility index (Phi) is 4.25. The van der Waals surface area contributed by atoms with Crippen LogP contribution < -0.4 is 16.0 Å². The highest BCUT2D eigenvalue weighted by molar-refractivity contribution is 5.64. The third-order valence-electron chi connectivity index (χ3n) is 3.39. The minimum Gasteiger partial charge on any atom is -0.488 e. The number of H-pyrrole nitrogens is 1. The normalized spacial score (nSPS) is 10.1. The Hall–Kier alpha value is -3.59.